The van der Waals surface area contributed by atoms with E-state index in [0.717, 1.165) is 33.4 Å². The lowest BCUT2D eigenvalue weighted by atomic mass is 10.1. The van der Waals surface area contributed by atoms with E-state index in [-0.39, 0.29) is 6.10 Å². The number of H-pyrrole nitrogens is 2. The third kappa shape index (κ3) is 3.01. The lowest BCUT2D eigenvalue weighted by Gasteiger charge is -2.11. The highest BCUT2D eigenvalue weighted by Gasteiger charge is 2.11. The van der Waals surface area contributed by atoms with Crippen molar-refractivity contribution in [1.29, 1.82) is 0 Å². The van der Waals surface area contributed by atoms with Crippen molar-refractivity contribution in [1.82, 2.24) is 15.2 Å². The number of rotatable bonds is 4. The number of benzene rings is 2. The molecule has 0 bridgehead atoms. The Morgan fingerprint density at radius 1 is 1.08 bits per heavy atom. The van der Waals surface area contributed by atoms with Gasteiger partial charge in [-0.25, -0.2) is 0 Å². The van der Waals surface area contributed by atoms with Gasteiger partial charge in [0.05, 0.1) is 22.5 Å². The minimum absolute atomic E-state index is 0.0853. The summed E-state index contributed by atoms with van der Waals surface area (Å²) in [6.45, 7) is 3.96. The molecule has 0 saturated heterocycles. The summed E-state index contributed by atoms with van der Waals surface area (Å²) in [6, 6.07) is 16.0. The Morgan fingerprint density at radius 2 is 1.96 bits per heavy atom. The van der Waals surface area contributed by atoms with Gasteiger partial charge in [0, 0.05) is 28.2 Å². The number of ether oxygens (including phenoxy) is 1. The van der Waals surface area contributed by atoms with Gasteiger partial charge in [-0.3, -0.25) is 5.10 Å². The third-order valence-electron chi connectivity index (χ3n) is 4.05. The van der Waals surface area contributed by atoms with Gasteiger partial charge in [0.1, 0.15) is 5.75 Å². The first-order chi connectivity index (χ1) is 12.1. The number of fused-ring (bicyclic) bond motifs is 1. The normalized spacial score (nSPS) is 11.4. The van der Waals surface area contributed by atoms with Crippen LogP contribution in [0.2, 0.25) is 5.02 Å². The van der Waals surface area contributed by atoms with E-state index in [9.17, 15) is 0 Å². The number of hydrogen-bond acceptors (Lipinski definition) is 2. The second-order valence-corrected chi connectivity index (χ2v) is 6.63. The van der Waals surface area contributed by atoms with Crippen LogP contribution in [0.4, 0.5) is 0 Å². The molecule has 126 valence electrons. The van der Waals surface area contributed by atoms with Crippen molar-refractivity contribution in [2.24, 2.45) is 0 Å². The smallest absolute Gasteiger partial charge is 0.138 e. The van der Waals surface area contributed by atoms with Crippen LogP contribution in [0.25, 0.3) is 33.4 Å². The molecule has 0 amide bonds. The minimum Gasteiger partial charge on any atom is -0.489 e. The number of hydrogen-bond donors (Lipinski definition) is 2. The predicted octanol–water partition coefficient (Wildman–Crippen LogP) is 5.67. The van der Waals surface area contributed by atoms with E-state index in [0.29, 0.717) is 10.8 Å². The summed E-state index contributed by atoms with van der Waals surface area (Å²) < 4.78 is 5.69. The monoisotopic (exact) mass is 351 g/mol. The van der Waals surface area contributed by atoms with Gasteiger partial charge in [-0.2, -0.15) is 5.10 Å². The van der Waals surface area contributed by atoms with Gasteiger partial charge in [-0.05, 0) is 50.2 Å². The van der Waals surface area contributed by atoms with E-state index >= 15 is 0 Å². The fourth-order valence-electron chi connectivity index (χ4n) is 2.94. The highest BCUT2D eigenvalue weighted by molar-refractivity contribution is 6.32. The molecule has 2 heterocycles. The molecule has 0 aliphatic rings. The summed E-state index contributed by atoms with van der Waals surface area (Å²) >= 11 is 6.34. The van der Waals surface area contributed by atoms with E-state index in [1.807, 2.05) is 50.4 Å². The molecule has 0 atom stereocenters. The molecular weight excluding hydrogens is 334 g/mol. The highest BCUT2D eigenvalue weighted by atomic mass is 35.5. The minimum atomic E-state index is 0.0853. The summed E-state index contributed by atoms with van der Waals surface area (Å²) in [4.78, 5) is 3.23. The Labute approximate surface area is 150 Å². The Kier molecular flexibility index (Phi) is 3.98. The maximum atomic E-state index is 6.34. The topological polar surface area (TPSA) is 53.7 Å². The molecule has 5 heteroatoms. The van der Waals surface area contributed by atoms with Gasteiger partial charge >= 0.3 is 0 Å². The van der Waals surface area contributed by atoms with E-state index in [1.54, 1.807) is 0 Å². The highest BCUT2D eigenvalue weighted by Crippen LogP contribution is 2.33. The zero-order valence-corrected chi connectivity index (χ0v) is 14.8. The van der Waals surface area contributed by atoms with Crippen LogP contribution in [0.5, 0.6) is 5.75 Å². The fourth-order valence-corrected chi connectivity index (χ4v) is 3.16. The molecule has 0 fully saturated rings. The van der Waals surface area contributed by atoms with Crippen molar-refractivity contribution >= 4 is 22.5 Å². The van der Waals surface area contributed by atoms with E-state index in [2.05, 4.69) is 33.4 Å². The van der Waals surface area contributed by atoms with E-state index < -0.39 is 0 Å². The molecule has 0 spiro atoms. The van der Waals surface area contributed by atoms with Gasteiger partial charge in [-0.15, -0.1) is 0 Å². The average molecular weight is 352 g/mol. The van der Waals surface area contributed by atoms with Crippen molar-refractivity contribution in [3.8, 4) is 28.3 Å². The third-order valence-corrected chi connectivity index (χ3v) is 4.35. The summed E-state index contributed by atoms with van der Waals surface area (Å²) in [7, 11) is 0. The van der Waals surface area contributed by atoms with Crippen LogP contribution in [0, 0.1) is 0 Å². The number of nitrogens with one attached hydrogen (secondary N) is 2. The van der Waals surface area contributed by atoms with Crippen LogP contribution in [-0.4, -0.2) is 21.3 Å². The molecule has 0 saturated carbocycles. The van der Waals surface area contributed by atoms with Crippen molar-refractivity contribution in [2.45, 2.75) is 20.0 Å². The van der Waals surface area contributed by atoms with Crippen molar-refractivity contribution in [3.05, 3.63) is 59.8 Å². The molecule has 25 heavy (non-hydrogen) atoms. The van der Waals surface area contributed by atoms with Crippen molar-refractivity contribution < 1.29 is 4.74 Å². The number of nitrogens with zero attached hydrogens (tertiary/aromatic N) is 1. The molecule has 2 aromatic heterocycles. The maximum Gasteiger partial charge on any atom is 0.138 e. The maximum absolute atomic E-state index is 6.34. The first kappa shape index (κ1) is 15.8. The molecule has 0 unspecified atom stereocenters. The second-order valence-electron chi connectivity index (χ2n) is 6.22. The Hall–Kier alpha value is -2.72. The predicted molar refractivity (Wildman–Crippen MR) is 102 cm³/mol. The van der Waals surface area contributed by atoms with E-state index in [1.165, 1.54) is 0 Å². The van der Waals surface area contributed by atoms with Crippen LogP contribution < -0.4 is 4.74 Å². The largest absolute Gasteiger partial charge is 0.489 e. The average Bonchev–Trinajstić information content (AvgIpc) is 3.24. The Balaban J connectivity index is 1.70. The van der Waals surface area contributed by atoms with Crippen molar-refractivity contribution in [3.63, 3.8) is 0 Å². The lowest BCUT2D eigenvalue weighted by Crippen LogP contribution is -2.05. The van der Waals surface area contributed by atoms with Crippen LogP contribution in [0.1, 0.15) is 13.8 Å². The SMILES string of the molecule is CC(C)Oc1ccc(-c2cc(-c3cccc4[nH]ccc34)[nH]n2)cc1Cl. The van der Waals surface area contributed by atoms with Crippen LogP contribution in [0.3, 0.4) is 0 Å². The number of halogens is 1. The quantitative estimate of drug-likeness (QED) is 0.498. The van der Waals surface area contributed by atoms with Gasteiger partial charge in [0.15, 0.2) is 0 Å². The first-order valence-electron chi connectivity index (χ1n) is 8.20. The summed E-state index contributed by atoms with van der Waals surface area (Å²) in [5.74, 6) is 0.688. The molecule has 0 aliphatic carbocycles. The van der Waals surface area contributed by atoms with E-state index in [4.69, 9.17) is 16.3 Å². The Bertz CT molecular complexity index is 1030. The first-order valence-corrected chi connectivity index (χ1v) is 8.58. The molecule has 0 aliphatic heterocycles. The molecule has 2 N–H and O–H groups in total. The fraction of sp³-hybridized carbons (Fsp3) is 0.150. The zero-order chi connectivity index (χ0) is 17.4. The van der Waals surface area contributed by atoms with Crippen LogP contribution in [0.15, 0.2) is 54.7 Å². The summed E-state index contributed by atoms with van der Waals surface area (Å²) in [5.41, 5.74) is 4.99. The summed E-state index contributed by atoms with van der Waals surface area (Å²) in [6.07, 6.45) is 2.03. The van der Waals surface area contributed by atoms with Gasteiger partial charge in [-0.1, -0.05) is 23.7 Å². The molecular formula is C20H18ClN3O. The molecule has 4 nitrogen and oxygen atoms in total. The second kappa shape index (κ2) is 6.30. The summed E-state index contributed by atoms with van der Waals surface area (Å²) in [5, 5.41) is 9.33. The zero-order valence-electron chi connectivity index (χ0n) is 14.0. The van der Waals surface area contributed by atoms with Crippen LogP contribution >= 0.6 is 11.6 Å². The standard InChI is InChI=1S/C20H18ClN3O/c1-12(2)25-20-7-6-13(10-16(20)21)18-11-19(24-23-18)14-4-3-5-17-15(14)8-9-22-17/h3-12,22H,1-2H3,(H,23,24). The lowest BCUT2D eigenvalue weighted by molar-refractivity contribution is 0.242. The van der Waals surface area contributed by atoms with Gasteiger partial charge in [0.25, 0.3) is 0 Å². The molecule has 4 aromatic rings. The molecule has 4 rings (SSSR count). The van der Waals surface area contributed by atoms with Crippen LogP contribution in [-0.2, 0) is 0 Å². The number of aromatic nitrogens is 3. The van der Waals surface area contributed by atoms with Crippen molar-refractivity contribution in [2.75, 3.05) is 0 Å². The van der Waals surface area contributed by atoms with Gasteiger partial charge in [0.2, 0.25) is 0 Å². The van der Waals surface area contributed by atoms with Gasteiger partial charge < -0.3 is 9.72 Å². The molecule has 2 aromatic carbocycles. The number of aromatic amines is 2. The molecule has 0 radical (unpaired) electrons. The Morgan fingerprint density at radius 3 is 2.76 bits per heavy atom.